The molecule has 2 rings (SSSR count). The van der Waals surface area contributed by atoms with Crippen molar-refractivity contribution in [2.75, 3.05) is 5.73 Å². The zero-order valence-electron chi connectivity index (χ0n) is 9.69. The molecule has 0 bridgehead atoms. The molecule has 0 spiro atoms. The predicted molar refractivity (Wildman–Crippen MR) is 70.9 cm³/mol. The van der Waals surface area contributed by atoms with Gasteiger partial charge in [-0.15, -0.1) is 0 Å². The molecule has 0 radical (unpaired) electrons. The molecule has 0 aliphatic carbocycles. The SMILES string of the molecule is NC(=O)c1cc(N)cc(Cl)c1Oc1ccccc1F. The van der Waals surface area contributed by atoms with Crippen LogP contribution in [0.5, 0.6) is 11.5 Å². The van der Waals surface area contributed by atoms with Crippen molar-refractivity contribution in [2.24, 2.45) is 5.73 Å². The summed E-state index contributed by atoms with van der Waals surface area (Å²) in [5.74, 6) is -1.42. The van der Waals surface area contributed by atoms with Crippen LogP contribution in [0.1, 0.15) is 10.4 Å². The van der Waals surface area contributed by atoms with Crippen LogP contribution in [0.4, 0.5) is 10.1 Å². The van der Waals surface area contributed by atoms with Gasteiger partial charge in [0.15, 0.2) is 17.3 Å². The van der Waals surface area contributed by atoms with Gasteiger partial charge < -0.3 is 16.2 Å². The Morgan fingerprint density at radius 1 is 1.26 bits per heavy atom. The number of hydrogen-bond acceptors (Lipinski definition) is 3. The Labute approximate surface area is 113 Å². The van der Waals surface area contributed by atoms with Crippen molar-refractivity contribution in [2.45, 2.75) is 0 Å². The number of amides is 1. The molecule has 0 fully saturated rings. The van der Waals surface area contributed by atoms with Crippen LogP contribution in [-0.4, -0.2) is 5.91 Å². The van der Waals surface area contributed by atoms with E-state index in [0.29, 0.717) is 0 Å². The van der Waals surface area contributed by atoms with Crippen LogP contribution in [0.2, 0.25) is 5.02 Å². The number of nitrogens with two attached hydrogens (primary N) is 2. The molecule has 0 unspecified atom stereocenters. The molecule has 0 saturated carbocycles. The highest BCUT2D eigenvalue weighted by molar-refractivity contribution is 6.33. The molecule has 2 aromatic carbocycles. The molecule has 19 heavy (non-hydrogen) atoms. The first-order valence-electron chi connectivity index (χ1n) is 5.30. The monoisotopic (exact) mass is 280 g/mol. The molecular weight excluding hydrogens is 271 g/mol. The Morgan fingerprint density at radius 2 is 1.95 bits per heavy atom. The van der Waals surface area contributed by atoms with Crippen molar-refractivity contribution in [3.05, 3.63) is 52.8 Å². The maximum Gasteiger partial charge on any atom is 0.252 e. The molecule has 0 atom stereocenters. The number of anilines is 1. The Bertz CT molecular complexity index is 647. The summed E-state index contributed by atoms with van der Waals surface area (Å²) in [4.78, 5) is 11.3. The minimum atomic E-state index is -0.763. The van der Waals surface area contributed by atoms with Gasteiger partial charge in [-0.25, -0.2) is 4.39 Å². The Morgan fingerprint density at radius 3 is 2.58 bits per heavy atom. The normalized spacial score (nSPS) is 10.2. The molecule has 1 amide bonds. The second-order valence-electron chi connectivity index (χ2n) is 3.78. The number of rotatable bonds is 3. The second-order valence-corrected chi connectivity index (χ2v) is 4.18. The van der Waals surface area contributed by atoms with Gasteiger partial charge in [0.1, 0.15) is 0 Å². The fourth-order valence-corrected chi connectivity index (χ4v) is 1.80. The summed E-state index contributed by atoms with van der Waals surface area (Å²) < 4.78 is 18.8. The Hall–Kier alpha value is -2.27. The molecular formula is C13H10ClFN2O2. The number of primary amides is 1. The molecule has 0 aromatic heterocycles. The first-order chi connectivity index (χ1) is 8.99. The molecule has 6 heteroatoms. The zero-order chi connectivity index (χ0) is 14.0. The fraction of sp³-hybridized carbons (Fsp3) is 0. The number of carbonyl (C=O) groups excluding carboxylic acids is 1. The highest BCUT2D eigenvalue weighted by Gasteiger charge is 2.17. The van der Waals surface area contributed by atoms with Gasteiger partial charge in [0.2, 0.25) is 0 Å². The minimum Gasteiger partial charge on any atom is -0.452 e. The summed E-state index contributed by atoms with van der Waals surface area (Å²) in [6, 6.07) is 8.46. The lowest BCUT2D eigenvalue weighted by Gasteiger charge is -2.12. The lowest BCUT2D eigenvalue weighted by atomic mass is 10.1. The van der Waals surface area contributed by atoms with Gasteiger partial charge in [0.25, 0.3) is 5.91 Å². The maximum absolute atomic E-state index is 13.5. The van der Waals surface area contributed by atoms with E-state index in [1.54, 1.807) is 6.07 Å². The van der Waals surface area contributed by atoms with E-state index in [0.717, 1.165) is 0 Å². The molecule has 0 heterocycles. The van der Waals surface area contributed by atoms with E-state index >= 15 is 0 Å². The molecule has 0 aliphatic rings. The standard InChI is InChI=1S/C13H10ClFN2O2/c14-9-6-7(16)5-8(13(17)18)12(9)19-11-4-2-1-3-10(11)15/h1-6H,16H2,(H2,17,18). The van der Waals surface area contributed by atoms with Crippen molar-refractivity contribution in [3.8, 4) is 11.5 Å². The molecule has 2 aromatic rings. The molecule has 0 saturated heterocycles. The minimum absolute atomic E-state index is 0.00625. The average Bonchev–Trinajstić information content (AvgIpc) is 2.34. The first-order valence-corrected chi connectivity index (χ1v) is 5.68. The van der Waals surface area contributed by atoms with Crippen LogP contribution in [0.3, 0.4) is 0 Å². The van der Waals surface area contributed by atoms with Gasteiger partial charge in [-0.2, -0.15) is 0 Å². The number of para-hydroxylation sites is 1. The van der Waals surface area contributed by atoms with Gasteiger partial charge >= 0.3 is 0 Å². The zero-order valence-corrected chi connectivity index (χ0v) is 10.4. The molecule has 4 nitrogen and oxygen atoms in total. The van der Waals surface area contributed by atoms with E-state index in [1.807, 2.05) is 0 Å². The van der Waals surface area contributed by atoms with Crippen LogP contribution in [0.15, 0.2) is 36.4 Å². The third-order valence-electron chi connectivity index (χ3n) is 2.38. The van der Waals surface area contributed by atoms with E-state index in [-0.39, 0.29) is 27.8 Å². The molecule has 4 N–H and O–H groups in total. The number of nitrogen functional groups attached to an aromatic ring is 1. The largest absolute Gasteiger partial charge is 0.452 e. The maximum atomic E-state index is 13.5. The van der Waals surface area contributed by atoms with E-state index < -0.39 is 11.7 Å². The van der Waals surface area contributed by atoms with E-state index in [4.69, 9.17) is 27.8 Å². The summed E-state index contributed by atoms with van der Waals surface area (Å²) in [6.45, 7) is 0. The quantitative estimate of drug-likeness (QED) is 0.849. The summed E-state index contributed by atoms with van der Waals surface area (Å²) in [5, 5.41) is 0.0806. The Balaban J connectivity index is 2.51. The third-order valence-corrected chi connectivity index (χ3v) is 2.66. The topological polar surface area (TPSA) is 78.3 Å². The predicted octanol–water partition coefficient (Wildman–Crippen LogP) is 2.95. The highest BCUT2D eigenvalue weighted by atomic mass is 35.5. The highest BCUT2D eigenvalue weighted by Crippen LogP contribution is 2.35. The number of hydrogen-bond donors (Lipinski definition) is 2. The summed E-state index contributed by atoms with van der Waals surface area (Å²) in [7, 11) is 0. The number of ether oxygens (including phenoxy) is 1. The van der Waals surface area contributed by atoms with Crippen molar-refractivity contribution < 1.29 is 13.9 Å². The van der Waals surface area contributed by atoms with Gasteiger partial charge in [0.05, 0.1) is 10.6 Å². The number of benzene rings is 2. The van der Waals surface area contributed by atoms with E-state index in [9.17, 15) is 9.18 Å². The number of halogens is 2. The van der Waals surface area contributed by atoms with Gasteiger partial charge in [-0.3, -0.25) is 4.79 Å². The van der Waals surface area contributed by atoms with Crippen LogP contribution in [0, 0.1) is 5.82 Å². The van der Waals surface area contributed by atoms with Crippen molar-refractivity contribution in [3.63, 3.8) is 0 Å². The number of carbonyl (C=O) groups is 1. The van der Waals surface area contributed by atoms with Crippen molar-refractivity contribution in [1.82, 2.24) is 0 Å². The summed E-state index contributed by atoms with van der Waals surface area (Å²) >= 11 is 5.95. The van der Waals surface area contributed by atoms with Crippen LogP contribution >= 0.6 is 11.6 Å². The van der Waals surface area contributed by atoms with Crippen molar-refractivity contribution in [1.29, 1.82) is 0 Å². The summed E-state index contributed by atoms with van der Waals surface area (Å²) in [5.41, 5.74) is 11.0. The fourth-order valence-electron chi connectivity index (χ4n) is 1.54. The second kappa shape index (κ2) is 5.16. The van der Waals surface area contributed by atoms with Crippen LogP contribution in [-0.2, 0) is 0 Å². The first kappa shape index (κ1) is 13.2. The lowest BCUT2D eigenvalue weighted by molar-refractivity contribution is 0.0998. The average molecular weight is 281 g/mol. The van der Waals surface area contributed by atoms with Gasteiger partial charge in [-0.1, -0.05) is 23.7 Å². The van der Waals surface area contributed by atoms with E-state index in [2.05, 4.69) is 0 Å². The molecule has 98 valence electrons. The van der Waals surface area contributed by atoms with Crippen LogP contribution in [0.25, 0.3) is 0 Å². The Kier molecular flexibility index (Phi) is 3.57. The van der Waals surface area contributed by atoms with Crippen LogP contribution < -0.4 is 16.2 Å². The van der Waals surface area contributed by atoms with Gasteiger partial charge in [-0.05, 0) is 24.3 Å². The summed E-state index contributed by atoms with van der Waals surface area (Å²) in [6.07, 6.45) is 0. The third kappa shape index (κ3) is 2.77. The smallest absolute Gasteiger partial charge is 0.252 e. The lowest BCUT2D eigenvalue weighted by Crippen LogP contribution is -2.13. The van der Waals surface area contributed by atoms with Crippen molar-refractivity contribution >= 4 is 23.2 Å². The van der Waals surface area contributed by atoms with Gasteiger partial charge in [0, 0.05) is 5.69 Å². The molecule has 0 aliphatic heterocycles. The van der Waals surface area contributed by atoms with E-state index in [1.165, 1.54) is 30.3 Å².